The van der Waals surface area contributed by atoms with Gasteiger partial charge in [0.15, 0.2) is 0 Å². The molecule has 0 spiro atoms. The van der Waals surface area contributed by atoms with Gasteiger partial charge in [-0.1, -0.05) is 12.8 Å². The van der Waals surface area contributed by atoms with Crippen molar-refractivity contribution in [3.8, 4) is 0 Å². The molecule has 1 N–H and O–H groups in total. The zero-order valence-electron chi connectivity index (χ0n) is 9.30. The van der Waals surface area contributed by atoms with E-state index in [0.717, 1.165) is 19.3 Å². The number of halogens is 1. The summed E-state index contributed by atoms with van der Waals surface area (Å²) in [6.45, 7) is 0.547. The maximum absolute atomic E-state index is 11.8. The first kappa shape index (κ1) is 12.8. The number of hydrogen-bond acceptors (Lipinski definition) is 2. The van der Waals surface area contributed by atoms with E-state index < -0.39 is 0 Å². The van der Waals surface area contributed by atoms with Crippen molar-refractivity contribution in [2.45, 2.75) is 38.1 Å². The summed E-state index contributed by atoms with van der Waals surface area (Å²) in [5.74, 6) is 0.957. The number of carbonyl (C=O) groups excluding carboxylic acids is 1. The molecule has 0 aromatic rings. The minimum absolute atomic E-state index is 0.0700. The van der Waals surface area contributed by atoms with Gasteiger partial charge in [-0.25, -0.2) is 0 Å². The molecule has 0 aromatic carbocycles. The molecule has 0 aliphatic heterocycles. The summed E-state index contributed by atoms with van der Waals surface area (Å²) in [6, 6.07) is 0.0700. The number of hydrogen-bond donors (Lipinski definition) is 1. The molecule has 1 aliphatic rings. The van der Waals surface area contributed by atoms with Gasteiger partial charge in [0.25, 0.3) is 0 Å². The fraction of sp³-hybridized carbons (Fsp3) is 0.909. The second-order valence-corrected chi connectivity index (χ2v) is 4.50. The van der Waals surface area contributed by atoms with Gasteiger partial charge in [-0.3, -0.25) is 4.79 Å². The highest BCUT2D eigenvalue weighted by atomic mass is 35.5. The van der Waals surface area contributed by atoms with Crippen molar-refractivity contribution in [2.75, 3.05) is 19.6 Å². The van der Waals surface area contributed by atoms with Crippen LogP contribution in [0, 0.1) is 5.92 Å². The van der Waals surface area contributed by atoms with E-state index in [-0.39, 0.29) is 17.9 Å². The van der Waals surface area contributed by atoms with Crippen LogP contribution >= 0.6 is 11.6 Å². The van der Waals surface area contributed by atoms with Gasteiger partial charge in [0.2, 0.25) is 5.91 Å². The summed E-state index contributed by atoms with van der Waals surface area (Å²) in [6.07, 6.45) is 5.21. The molecule has 3 nitrogen and oxygen atoms in total. The Labute approximate surface area is 96.5 Å². The Morgan fingerprint density at radius 2 is 2.20 bits per heavy atom. The molecule has 1 unspecified atom stereocenters. The summed E-state index contributed by atoms with van der Waals surface area (Å²) >= 11 is 5.67. The van der Waals surface area contributed by atoms with Gasteiger partial charge in [0, 0.05) is 18.9 Å². The molecule has 0 heterocycles. The third kappa shape index (κ3) is 4.39. The largest absolute Gasteiger partial charge is 0.383 e. The van der Waals surface area contributed by atoms with Crippen LogP contribution in [0.25, 0.3) is 0 Å². The molecule has 1 rings (SSSR count). The molecule has 15 heavy (non-hydrogen) atoms. The standard InChI is InChI=1S/C11H20ClNO2/c1-15-8-10(6-7-12)13-11(14)9-4-2-3-5-9/h9-10H,2-8H2,1H3,(H,13,14). The van der Waals surface area contributed by atoms with Crippen LogP contribution in [-0.4, -0.2) is 31.5 Å². The molecular formula is C11H20ClNO2. The Hall–Kier alpha value is -0.280. The first-order valence-electron chi connectivity index (χ1n) is 5.63. The summed E-state index contributed by atoms with van der Waals surface area (Å²) in [5, 5.41) is 3.01. The molecule has 88 valence electrons. The first-order chi connectivity index (χ1) is 7.27. The van der Waals surface area contributed by atoms with Crippen LogP contribution in [0.3, 0.4) is 0 Å². The van der Waals surface area contributed by atoms with Crippen molar-refractivity contribution in [1.82, 2.24) is 5.32 Å². The van der Waals surface area contributed by atoms with Gasteiger partial charge in [-0.2, -0.15) is 0 Å². The predicted molar refractivity (Wildman–Crippen MR) is 61.1 cm³/mol. The Morgan fingerprint density at radius 1 is 1.53 bits per heavy atom. The maximum Gasteiger partial charge on any atom is 0.223 e. The molecule has 1 amide bonds. The average Bonchev–Trinajstić information content (AvgIpc) is 2.71. The van der Waals surface area contributed by atoms with Crippen molar-refractivity contribution < 1.29 is 9.53 Å². The minimum atomic E-state index is 0.0700. The van der Waals surface area contributed by atoms with Gasteiger partial charge in [0.05, 0.1) is 12.6 Å². The number of amides is 1. The number of alkyl halides is 1. The van der Waals surface area contributed by atoms with Crippen LogP contribution in [-0.2, 0) is 9.53 Å². The molecule has 1 atom stereocenters. The molecule has 0 aromatic heterocycles. The molecule has 1 aliphatic carbocycles. The third-order valence-electron chi connectivity index (χ3n) is 2.90. The van der Waals surface area contributed by atoms with Gasteiger partial charge < -0.3 is 10.1 Å². The normalized spacial score (nSPS) is 19.1. The van der Waals surface area contributed by atoms with E-state index in [1.54, 1.807) is 7.11 Å². The molecule has 0 radical (unpaired) electrons. The van der Waals surface area contributed by atoms with E-state index in [1.807, 2.05) is 0 Å². The number of carbonyl (C=O) groups is 1. The minimum Gasteiger partial charge on any atom is -0.383 e. The lowest BCUT2D eigenvalue weighted by Crippen LogP contribution is -2.41. The Morgan fingerprint density at radius 3 is 2.73 bits per heavy atom. The van der Waals surface area contributed by atoms with E-state index in [0.29, 0.717) is 12.5 Å². The van der Waals surface area contributed by atoms with Gasteiger partial charge >= 0.3 is 0 Å². The fourth-order valence-corrected chi connectivity index (χ4v) is 2.30. The van der Waals surface area contributed by atoms with Crippen molar-refractivity contribution in [2.24, 2.45) is 5.92 Å². The van der Waals surface area contributed by atoms with Gasteiger partial charge in [-0.15, -0.1) is 11.6 Å². The molecular weight excluding hydrogens is 214 g/mol. The highest BCUT2D eigenvalue weighted by Gasteiger charge is 2.24. The summed E-state index contributed by atoms with van der Waals surface area (Å²) in [4.78, 5) is 11.8. The number of methoxy groups -OCH3 is 1. The lowest BCUT2D eigenvalue weighted by Gasteiger charge is -2.19. The number of rotatable bonds is 6. The van der Waals surface area contributed by atoms with Crippen molar-refractivity contribution >= 4 is 17.5 Å². The van der Waals surface area contributed by atoms with Crippen LogP contribution in [0.15, 0.2) is 0 Å². The fourth-order valence-electron chi connectivity index (χ4n) is 2.04. The van der Waals surface area contributed by atoms with Crippen molar-refractivity contribution in [3.63, 3.8) is 0 Å². The van der Waals surface area contributed by atoms with E-state index in [9.17, 15) is 4.79 Å². The monoisotopic (exact) mass is 233 g/mol. The molecule has 1 fully saturated rings. The highest BCUT2D eigenvalue weighted by molar-refractivity contribution is 6.17. The second-order valence-electron chi connectivity index (χ2n) is 4.12. The first-order valence-corrected chi connectivity index (χ1v) is 6.16. The summed E-state index contributed by atoms with van der Waals surface area (Å²) in [7, 11) is 1.64. The third-order valence-corrected chi connectivity index (χ3v) is 3.12. The van der Waals surface area contributed by atoms with Crippen LogP contribution in [0.2, 0.25) is 0 Å². The van der Waals surface area contributed by atoms with Crippen LogP contribution in [0.1, 0.15) is 32.1 Å². The highest BCUT2D eigenvalue weighted by Crippen LogP contribution is 2.24. The van der Waals surface area contributed by atoms with Crippen LogP contribution in [0.5, 0.6) is 0 Å². The molecule has 1 saturated carbocycles. The van der Waals surface area contributed by atoms with E-state index >= 15 is 0 Å². The SMILES string of the molecule is COCC(CCCl)NC(=O)C1CCCC1. The average molecular weight is 234 g/mol. The summed E-state index contributed by atoms with van der Waals surface area (Å²) < 4.78 is 5.05. The Bertz CT molecular complexity index is 187. The van der Waals surface area contributed by atoms with Crippen LogP contribution < -0.4 is 5.32 Å². The zero-order valence-corrected chi connectivity index (χ0v) is 10.1. The smallest absolute Gasteiger partial charge is 0.223 e. The molecule has 0 bridgehead atoms. The quantitative estimate of drug-likeness (QED) is 0.712. The predicted octanol–water partition coefficient (Wildman–Crippen LogP) is 1.94. The lowest BCUT2D eigenvalue weighted by atomic mass is 10.1. The Balaban J connectivity index is 2.31. The van der Waals surface area contributed by atoms with Crippen molar-refractivity contribution in [1.29, 1.82) is 0 Å². The summed E-state index contributed by atoms with van der Waals surface area (Å²) in [5.41, 5.74) is 0. The van der Waals surface area contributed by atoms with Gasteiger partial charge in [-0.05, 0) is 19.3 Å². The van der Waals surface area contributed by atoms with Crippen LogP contribution in [0.4, 0.5) is 0 Å². The van der Waals surface area contributed by atoms with E-state index in [1.165, 1.54) is 12.8 Å². The Kier molecular flexibility index (Phi) is 6.03. The molecule has 0 saturated heterocycles. The maximum atomic E-state index is 11.8. The van der Waals surface area contributed by atoms with E-state index in [2.05, 4.69) is 5.32 Å². The topological polar surface area (TPSA) is 38.3 Å². The number of ether oxygens (including phenoxy) is 1. The van der Waals surface area contributed by atoms with E-state index in [4.69, 9.17) is 16.3 Å². The zero-order chi connectivity index (χ0) is 11.1. The molecule has 4 heteroatoms. The van der Waals surface area contributed by atoms with Gasteiger partial charge in [0.1, 0.15) is 0 Å². The van der Waals surface area contributed by atoms with Crippen molar-refractivity contribution in [3.05, 3.63) is 0 Å². The number of nitrogens with one attached hydrogen (secondary N) is 1. The second kappa shape index (κ2) is 7.07. The lowest BCUT2D eigenvalue weighted by molar-refractivity contribution is -0.125.